The normalized spacial score (nSPS) is 13.8. The van der Waals surface area contributed by atoms with Crippen molar-refractivity contribution in [3.05, 3.63) is 29.3 Å². The number of hydrogen-bond donors (Lipinski definition) is 3. The summed E-state index contributed by atoms with van der Waals surface area (Å²) >= 11 is 0. The number of carbonyl (C=O) groups is 2. The van der Waals surface area contributed by atoms with Crippen molar-refractivity contribution in [3.63, 3.8) is 0 Å². The Morgan fingerprint density at radius 3 is 2.95 bits per heavy atom. The van der Waals surface area contributed by atoms with Gasteiger partial charge in [0.25, 0.3) is 0 Å². The second-order valence-electron chi connectivity index (χ2n) is 4.68. The van der Waals surface area contributed by atoms with Crippen LogP contribution in [-0.2, 0) is 22.4 Å². The van der Waals surface area contributed by atoms with Gasteiger partial charge in [-0.05, 0) is 36.6 Å². The fraction of sp³-hybridized carbons (Fsp3) is 0.429. The molecule has 1 heterocycles. The largest absolute Gasteiger partial charge is 0.481 e. The molecular weight excluding hydrogens is 244 g/mol. The molecule has 1 aromatic rings. The SMILES string of the molecule is O=C(O)CCNCCc1ccc2c(c1)CCC(=O)N2. The number of carboxylic acid groups (broad SMARTS) is 1. The lowest BCUT2D eigenvalue weighted by Gasteiger charge is -2.17. The number of aryl methyl sites for hydroxylation is 1. The third-order valence-corrected chi connectivity index (χ3v) is 3.17. The van der Waals surface area contributed by atoms with E-state index in [1.807, 2.05) is 12.1 Å². The van der Waals surface area contributed by atoms with Gasteiger partial charge in [-0.2, -0.15) is 0 Å². The van der Waals surface area contributed by atoms with E-state index >= 15 is 0 Å². The number of hydrogen-bond acceptors (Lipinski definition) is 3. The summed E-state index contributed by atoms with van der Waals surface area (Å²) < 4.78 is 0. The molecule has 0 fully saturated rings. The molecule has 1 aliphatic rings. The van der Waals surface area contributed by atoms with Gasteiger partial charge in [0.15, 0.2) is 0 Å². The Bertz CT molecular complexity index is 486. The lowest BCUT2D eigenvalue weighted by atomic mass is 9.99. The maximum Gasteiger partial charge on any atom is 0.304 e. The van der Waals surface area contributed by atoms with Crippen molar-refractivity contribution >= 4 is 17.6 Å². The maximum atomic E-state index is 11.2. The molecule has 102 valence electrons. The van der Waals surface area contributed by atoms with Gasteiger partial charge in [0.05, 0.1) is 6.42 Å². The molecule has 0 bridgehead atoms. The van der Waals surface area contributed by atoms with Crippen molar-refractivity contribution in [1.29, 1.82) is 0 Å². The number of aliphatic carboxylic acids is 1. The molecule has 0 unspecified atom stereocenters. The molecule has 0 aliphatic carbocycles. The highest BCUT2D eigenvalue weighted by Crippen LogP contribution is 2.23. The van der Waals surface area contributed by atoms with Crippen LogP contribution in [0.1, 0.15) is 24.0 Å². The first-order valence-electron chi connectivity index (χ1n) is 6.49. The highest BCUT2D eigenvalue weighted by atomic mass is 16.4. The van der Waals surface area contributed by atoms with Gasteiger partial charge < -0.3 is 15.7 Å². The molecule has 1 aromatic carbocycles. The van der Waals surface area contributed by atoms with Gasteiger partial charge in [0, 0.05) is 18.7 Å². The van der Waals surface area contributed by atoms with Gasteiger partial charge in [-0.15, -0.1) is 0 Å². The van der Waals surface area contributed by atoms with Crippen LogP contribution in [-0.4, -0.2) is 30.1 Å². The first-order valence-corrected chi connectivity index (χ1v) is 6.49. The Labute approximate surface area is 112 Å². The molecule has 1 amide bonds. The maximum absolute atomic E-state index is 11.2. The standard InChI is InChI=1S/C14H18N2O3/c17-13-4-2-11-9-10(1-3-12(11)16-13)5-7-15-8-6-14(18)19/h1,3,9,15H,2,4-8H2,(H,16,17)(H,18,19). The van der Waals surface area contributed by atoms with Crippen LogP contribution in [0.3, 0.4) is 0 Å². The van der Waals surface area contributed by atoms with Crippen molar-refractivity contribution in [2.24, 2.45) is 0 Å². The third-order valence-electron chi connectivity index (χ3n) is 3.17. The van der Waals surface area contributed by atoms with Gasteiger partial charge in [0.1, 0.15) is 0 Å². The summed E-state index contributed by atoms with van der Waals surface area (Å²) in [4.78, 5) is 21.6. The van der Waals surface area contributed by atoms with Crippen LogP contribution >= 0.6 is 0 Å². The number of benzene rings is 1. The van der Waals surface area contributed by atoms with Crippen LogP contribution in [0, 0.1) is 0 Å². The zero-order valence-corrected chi connectivity index (χ0v) is 10.7. The van der Waals surface area contributed by atoms with Crippen LogP contribution in [0.25, 0.3) is 0 Å². The second kappa shape index (κ2) is 6.33. The van der Waals surface area contributed by atoms with Crippen molar-refractivity contribution in [1.82, 2.24) is 5.32 Å². The van der Waals surface area contributed by atoms with Crippen molar-refractivity contribution in [2.75, 3.05) is 18.4 Å². The Hall–Kier alpha value is -1.88. The molecule has 5 heteroatoms. The lowest BCUT2D eigenvalue weighted by molar-refractivity contribution is -0.136. The molecule has 0 saturated heterocycles. The fourth-order valence-electron chi connectivity index (χ4n) is 2.15. The van der Waals surface area contributed by atoms with Crippen LogP contribution in [0.4, 0.5) is 5.69 Å². The van der Waals surface area contributed by atoms with E-state index in [-0.39, 0.29) is 12.3 Å². The van der Waals surface area contributed by atoms with Crippen molar-refractivity contribution < 1.29 is 14.7 Å². The average molecular weight is 262 g/mol. The molecule has 2 rings (SSSR count). The van der Waals surface area contributed by atoms with E-state index in [4.69, 9.17) is 5.11 Å². The van der Waals surface area contributed by atoms with Crippen LogP contribution in [0.15, 0.2) is 18.2 Å². The fourth-order valence-corrected chi connectivity index (χ4v) is 2.15. The number of carboxylic acids is 1. The summed E-state index contributed by atoms with van der Waals surface area (Å²) in [5.74, 6) is -0.701. The van der Waals surface area contributed by atoms with Crippen LogP contribution in [0.5, 0.6) is 0 Å². The van der Waals surface area contributed by atoms with Gasteiger partial charge in [-0.25, -0.2) is 0 Å². The topological polar surface area (TPSA) is 78.4 Å². The zero-order chi connectivity index (χ0) is 13.7. The minimum absolute atomic E-state index is 0.0792. The predicted molar refractivity (Wildman–Crippen MR) is 72.2 cm³/mol. The highest BCUT2D eigenvalue weighted by Gasteiger charge is 2.14. The van der Waals surface area contributed by atoms with Crippen LogP contribution < -0.4 is 10.6 Å². The molecule has 0 aromatic heterocycles. The molecule has 5 nitrogen and oxygen atoms in total. The summed E-state index contributed by atoms with van der Waals surface area (Å²) in [6, 6.07) is 6.07. The van der Waals surface area contributed by atoms with E-state index in [1.54, 1.807) is 0 Å². The monoisotopic (exact) mass is 262 g/mol. The van der Waals surface area contributed by atoms with Crippen molar-refractivity contribution in [3.8, 4) is 0 Å². The molecule has 1 aliphatic heterocycles. The van der Waals surface area contributed by atoms with E-state index in [9.17, 15) is 9.59 Å². The molecule has 3 N–H and O–H groups in total. The van der Waals surface area contributed by atoms with Crippen molar-refractivity contribution in [2.45, 2.75) is 25.7 Å². The Kier molecular flexibility index (Phi) is 4.52. The zero-order valence-electron chi connectivity index (χ0n) is 10.7. The highest BCUT2D eigenvalue weighted by molar-refractivity contribution is 5.93. The first kappa shape index (κ1) is 13.5. The Morgan fingerprint density at radius 2 is 2.16 bits per heavy atom. The minimum atomic E-state index is -0.781. The van der Waals surface area contributed by atoms with Gasteiger partial charge >= 0.3 is 5.97 Å². The third kappa shape index (κ3) is 4.06. The van der Waals surface area contributed by atoms with E-state index in [1.165, 1.54) is 11.1 Å². The van der Waals surface area contributed by atoms with E-state index in [2.05, 4.69) is 16.7 Å². The number of anilines is 1. The molecule has 0 spiro atoms. The summed E-state index contributed by atoms with van der Waals surface area (Å²) in [5.41, 5.74) is 3.30. The van der Waals surface area contributed by atoms with E-state index in [0.717, 1.165) is 25.1 Å². The molecule has 0 saturated carbocycles. The van der Waals surface area contributed by atoms with E-state index in [0.29, 0.717) is 13.0 Å². The number of carbonyl (C=O) groups excluding carboxylic acids is 1. The van der Waals surface area contributed by atoms with Gasteiger partial charge in [-0.1, -0.05) is 12.1 Å². The number of amides is 1. The molecule has 0 radical (unpaired) electrons. The van der Waals surface area contributed by atoms with Gasteiger partial charge in [0.2, 0.25) is 5.91 Å². The molecular formula is C14H18N2O3. The first-order chi connectivity index (χ1) is 9.15. The Balaban J connectivity index is 1.82. The minimum Gasteiger partial charge on any atom is -0.481 e. The second-order valence-corrected chi connectivity index (χ2v) is 4.68. The number of fused-ring (bicyclic) bond motifs is 1. The van der Waals surface area contributed by atoms with Gasteiger partial charge in [-0.3, -0.25) is 9.59 Å². The Morgan fingerprint density at radius 1 is 1.32 bits per heavy atom. The smallest absolute Gasteiger partial charge is 0.304 e. The lowest BCUT2D eigenvalue weighted by Crippen LogP contribution is -2.21. The average Bonchev–Trinajstić information content (AvgIpc) is 2.38. The molecule has 19 heavy (non-hydrogen) atoms. The predicted octanol–water partition coefficient (Wildman–Crippen LogP) is 1.18. The summed E-state index contributed by atoms with van der Waals surface area (Å²) in [6.07, 6.45) is 2.35. The summed E-state index contributed by atoms with van der Waals surface area (Å²) in [7, 11) is 0. The number of nitrogens with one attached hydrogen (secondary N) is 2. The summed E-state index contributed by atoms with van der Waals surface area (Å²) in [6.45, 7) is 1.26. The summed E-state index contributed by atoms with van der Waals surface area (Å²) in [5, 5.41) is 14.5. The van der Waals surface area contributed by atoms with Crippen LogP contribution in [0.2, 0.25) is 0 Å². The molecule has 0 atom stereocenters. The van der Waals surface area contributed by atoms with E-state index < -0.39 is 5.97 Å². The number of rotatable bonds is 6. The quantitative estimate of drug-likeness (QED) is 0.673.